The summed E-state index contributed by atoms with van der Waals surface area (Å²) in [5, 5.41) is 12.0. The number of Topliss-reactive ketones (excluding diaryl/α,β-unsaturated/α-hetero) is 1. The molecule has 0 bridgehead atoms. The van der Waals surface area contributed by atoms with Crippen molar-refractivity contribution in [2.24, 2.45) is 11.8 Å². The van der Waals surface area contributed by atoms with Crippen molar-refractivity contribution in [3.05, 3.63) is 46.3 Å². The van der Waals surface area contributed by atoms with Crippen LogP contribution < -0.4 is 9.64 Å². The number of nitro groups is 1. The van der Waals surface area contributed by atoms with Crippen LogP contribution >= 0.6 is 0 Å². The first-order valence-electron chi connectivity index (χ1n) is 11.5. The van der Waals surface area contributed by atoms with Crippen LogP contribution in [0.2, 0.25) is 0 Å². The maximum Gasteiger partial charge on any atom is 0.373 e. The van der Waals surface area contributed by atoms with E-state index >= 15 is 0 Å². The minimum atomic E-state index is -0.472. The lowest BCUT2D eigenvalue weighted by Gasteiger charge is -2.36. The van der Waals surface area contributed by atoms with Gasteiger partial charge in [0.2, 0.25) is 5.82 Å². The number of hydrogen-bond donors (Lipinski definition) is 0. The number of aryl methyl sites for hydroxylation is 1. The molecule has 9 heteroatoms. The van der Waals surface area contributed by atoms with Gasteiger partial charge in [-0.05, 0) is 68.6 Å². The molecule has 0 amide bonds. The van der Waals surface area contributed by atoms with E-state index in [0.717, 1.165) is 18.4 Å². The summed E-state index contributed by atoms with van der Waals surface area (Å²) in [5.41, 5.74) is 0.779. The average molecular weight is 455 g/mol. The van der Waals surface area contributed by atoms with Crippen LogP contribution in [0, 0.1) is 22.0 Å². The summed E-state index contributed by atoms with van der Waals surface area (Å²) in [5.74, 6) is 1.93. The Kier molecular flexibility index (Phi) is 7.17. The molecule has 2 fully saturated rings. The second-order valence-corrected chi connectivity index (χ2v) is 8.92. The minimum Gasteiger partial charge on any atom is -0.434 e. The molecule has 1 aromatic heterocycles. The van der Waals surface area contributed by atoms with Crippen molar-refractivity contribution in [2.75, 3.05) is 25.1 Å². The highest BCUT2D eigenvalue weighted by Gasteiger charge is 2.39. The number of benzene rings is 1. The molecule has 9 nitrogen and oxygen atoms in total. The highest BCUT2D eigenvalue weighted by molar-refractivity contribution is 5.75. The molecule has 0 N–H and O–H groups in total. The van der Waals surface area contributed by atoms with Crippen LogP contribution in [0.1, 0.15) is 44.6 Å². The highest BCUT2D eigenvalue weighted by Crippen LogP contribution is 2.42. The minimum absolute atomic E-state index is 0.0728. The SMILES string of the molecule is COC(C1CC1)C1CCN(c2ncnc(Oc3ccc(CCC(C)=O)cc3)c2[N+](=O)[O-])CC1. The molecule has 0 radical (unpaired) electrons. The Morgan fingerprint density at radius 1 is 1.15 bits per heavy atom. The van der Waals surface area contributed by atoms with Gasteiger partial charge < -0.3 is 19.2 Å². The summed E-state index contributed by atoms with van der Waals surface area (Å²) in [6, 6.07) is 7.16. The standard InChI is InChI=1S/C24H30N4O5/c1-16(29)3-4-17-5-9-20(10-6-17)33-24-21(28(30)31)23(25-15-26-24)27-13-11-19(12-14-27)22(32-2)18-7-8-18/h5-6,9-10,15,18-19,22H,3-4,7-8,11-14H2,1-2H3. The Balaban J connectivity index is 1.47. The number of carbonyl (C=O) groups is 1. The van der Waals surface area contributed by atoms with Gasteiger partial charge in [0.05, 0.1) is 11.0 Å². The smallest absolute Gasteiger partial charge is 0.373 e. The quantitative estimate of drug-likeness (QED) is 0.385. The number of hydrogen-bond acceptors (Lipinski definition) is 8. The van der Waals surface area contributed by atoms with Gasteiger partial charge in [-0.2, -0.15) is 4.98 Å². The molecule has 33 heavy (non-hydrogen) atoms. The molecule has 2 aromatic rings. The molecule has 1 aliphatic carbocycles. The molecule has 4 rings (SSSR count). The molecule has 1 aromatic carbocycles. The summed E-state index contributed by atoms with van der Waals surface area (Å²) >= 11 is 0. The number of ether oxygens (including phenoxy) is 2. The molecule has 2 heterocycles. The zero-order valence-electron chi connectivity index (χ0n) is 19.1. The van der Waals surface area contributed by atoms with Crippen LogP contribution in [0.4, 0.5) is 11.5 Å². The van der Waals surface area contributed by atoms with Crippen LogP contribution in [0.3, 0.4) is 0 Å². The third-order valence-electron chi connectivity index (χ3n) is 6.52. The Labute approximate surface area is 193 Å². The number of nitrogens with zero attached hydrogens (tertiary/aromatic N) is 4. The van der Waals surface area contributed by atoms with E-state index in [-0.39, 0.29) is 23.5 Å². The van der Waals surface area contributed by atoms with Crippen molar-refractivity contribution in [3.8, 4) is 11.6 Å². The van der Waals surface area contributed by atoms with Crippen molar-refractivity contribution in [1.29, 1.82) is 0 Å². The molecule has 1 saturated heterocycles. The van der Waals surface area contributed by atoms with E-state index in [4.69, 9.17) is 9.47 Å². The lowest BCUT2D eigenvalue weighted by Crippen LogP contribution is -2.39. The number of carbonyl (C=O) groups excluding carboxylic acids is 1. The van der Waals surface area contributed by atoms with E-state index in [1.165, 1.54) is 19.2 Å². The van der Waals surface area contributed by atoms with Gasteiger partial charge in [-0.15, -0.1) is 0 Å². The van der Waals surface area contributed by atoms with Crippen LogP contribution in [0.15, 0.2) is 30.6 Å². The Bertz CT molecular complexity index is 985. The number of methoxy groups -OCH3 is 1. The fraction of sp³-hybridized carbons (Fsp3) is 0.542. The summed E-state index contributed by atoms with van der Waals surface area (Å²) in [4.78, 5) is 32.9. The second-order valence-electron chi connectivity index (χ2n) is 8.92. The van der Waals surface area contributed by atoms with Gasteiger partial charge in [0.25, 0.3) is 0 Å². The molecule has 0 spiro atoms. The summed E-state index contributed by atoms with van der Waals surface area (Å²) in [6.07, 6.45) is 7.00. The molecule has 1 aliphatic heterocycles. The molecule has 1 atom stereocenters. The normalized spacial score (nSPS) is 17.6. The maximum atomic E-state index is 12.0. The maximum absolute atomic E-state index is 12.0. The predicted molar refractivity (Wildman–Crippen MR) is 123 cm³/mol. The Hall–Kier alpha value is -3.07. The predicted octanol–water partition coefficient (Wildman–Crippen LogP) is 4.34. The van der Waals surface area contributed by atoms with E-state index in [1.54, 1.807) is 26.2 Å². The first-order chi connectivity index (χ1) is 16.0. The van der Waals surface area contributed by atoms with Crippen molar-refractivity contribution in [1.82, 2.24) is 9.97 Å². The van der Waals surface area contributed by atoms with Gasteiger partial charge in [0.15, 0.2) is 0 Å². The monoisotopic (exact) mass is 454 g/mol. The van der Waals surface area contributed by atoms with Gasteiger partial charge in [-0.25, -0.2) is 4.98 Å². The van der Waals surface area contributed by atoms with Crippen LogP contribution in [0.25, 0.3) is 0 Å². The highest BCUT2D eigenvalue weighted by atomic mass is 16.6. The van der Waals surface area contributed by atoms with Crippen molar-refractivity contribution >= 4 is 17.3 Å². The molecule has 2 aliphatic rings. The number of aromatic nitrogens is 2. The summed E-state index contributed by atoms with van der Waals surface area (Å²) < 4.78 is 11.5. The first-order valence-corrected chi connectivity index (χ1v) is 11.5. The van der Waals surface area contributed by atoms with Crippen molar-refractivity contribution < 1.29 is 19.2 Å². The van der Waals surface area contributed by atoms with Crippen molar-refractivity contribution in [3.63, 3.8) is 0 Å². The number of anilines is 1. The van der Waals surface area contributed by atoms with Crippen LogP contribution in [0.5, 0.6) is 11.6 Å². The molecule has 176 valence electrons. The van der Waals surface area contributed by atoms with E-state index in [1.807, 2.05) is 17.0 Å². The van der Waals surface area contributed by atoms with Gasteiger partial charge >= 0.3 is 11.6 Å². The first kappa shape index (κ1) is 23.1. The topological polar surface area (TPSA) is 108 Å². The summed E-state index contributed by atoms with van der Waals surface area (Å²) in [6.45, 7) is 2.92. The fourth-order valence-electron chi connectivity index (χ4n) is 4.61. The third-order valence-corrected chi connectivity index (χ3v) is 6.52. The molecular formula is C24H30N4O5. The fourth-order valence-corrected chi connectivity index (χ4v) is 4.61. The van der Waals surface area contributed by atoms with Gasteiger partial charge in [0, 0.05) is 26.6 Å². The third kappa shape index (κ3) is 5.65. The van der Waals surface area contributed by atoms with E-state index in [9.17, 15) is 14.9 Å². The van der Waals surface area contributed by atoms with Crippen LogP contribution in [-0.2, 0) is 16.0 Å². The Morgan fingerprint density at radius 3 is 2.39 bits per heavy atom. The zero-order valence-corrected chi connectivity index (χ0v) is 19.1. The molecular weight excluding hydrogens is 424 g/mol. The van der Waals surface area contributed by atoms with Crippen molar-refractivity contribution in [2.45, 2.75) is 51.6 Å². The molecule has 1 saturated carbocycles. The Morgan fingerprint density at radius 2 is 1.82 bits per heavy atom. The van der Waals surface area contributed by atoms with Gasteiger partial charge in [0.1, 0.15) is 17.9 Å². The average Bonchev–Trinajstić information content (AvgIpc) is 3.64. The number of rotatable bonds is 10. The molecule has 1 unspecified atom stereocenters. The van der Waals surface area contributed by atoms with Crippen LogP contribution in [-0.4, -0.2) is 47.0 Å². The lowest BCUT2D eigenvalue weighted by molar-refractivity contribution is -0.385. The number of ketones is 1. The summed E-state index contributed by atoms with van der Waals surface area (Å²) in [7, 11) is 1.78. The largest absolute Gasteiger partial charge is 0.434 e. The van der Waals surface area contributed by atoms with E-state index < -0.39 is 4.92 Å². The second kappa shape index (κ2) is 10.2. The zero-order chi connectivity index (χ0) is 23.4. The number of piperidine rings is 1. The van der Waals surface area contributed by atoms with Gasteiger partial charge in [-0.1, -0.05) is 12.1 Å². The van der Waals surface area contributed by atoms with Gasteiger partial charge in [-0.3, -0.25) is 10.1 Å². The lowest BCUT2D eigenvalue weighted by atomic mass is 9.88. The van der Waals surface area contributed by atoms with E-state index in [2.05, 4.69) is 9.97 Å². The van der Waals surface area contributed by atoms with E-state index in [0.29, 0.717) is 49.3 Å².